The van der Waals surface area contributed by atoms with Gasteiger partial charge in [-0.15, -0.1) is 0 Å². The lowest BCUT2D eigenvalue weighted by Crippen LogP contribution is -2.30. The van der Waals surface area contributed by atoms with E-state index < -0.39 is 0 Å². The lowest BCUT2D eigenvalue weighted by Gasteiger charge is -2.28. The van der Waals surface area contributed by atoms with Crippen molar-refractivity contribution in [3.05, 3.63) is 29.8 Å². The number of carbonyl (C=O) groups is 1. The van der Waals surface area contributed by atoms with Crippen LogP contribution in [0.5, 0.6) is 0 Å². The van der Waals surface area contributed by atoms with Crippen LogP contribution in [0, 0.1) is 5.41 Å². The summed E-state index contributed by atoms with van der Waals surface area (Å²) < 4.78 is 0. The molecule has 17 heavy (non-hydrogen) atoms. The van der Waals surface area contributed by atoms with Gasteiger partial charge in [-0.05, 0) is 36.5 Å². The van der Waals surface area contributed by atoms with E-state index in [0.29, 0.717) is 17.0 Å². The third-order valence-electron chi connectivity index (χ3n) is 3.75. The lowest BCUT2D eigenvalue weighted by molar-refractivity contribution is 0.100. The fourth-order valence-corrected chi connectivity index (χ4v) is 2.56. The van der Waals surface area contributed by atoms with Gasteiger partial charge in [-0.25, -0.2) is 0 Å². The van der Waals surface area contributed by atoms with Gasteiger partial charge in [0.15, 0.2) is 0 Å². The van der Waals surface area contributed by atoms with Crippen LogP contribution in [0.25, 0.3) is 0 Å². The summed E-state index contributed by atoms with van der Waals surface area (Å²) in [6.45, 7) is 4.57. The van der Waals surface area contributed by atoms with E-state index >= 15 is 0 Å². The van der Waals surface area contributed by atoms with Crippen LogP contribution in [0.4, 0.5) is 5.69 Å². The Morgan fingerprint density at radius 2 is 2.24 bits per heavy atom. The summed E-state index contributed by atoms with van der Waals surface area (Å²) in [5.74, 6) is -0.376. The molecule has 1 aromatic carbocycles. The molecular formula is C14H20N2O. The molecule has 2 rings (SSSR count). The summed E-state index contributed by atoms with van der Waals surface area (Å²) >= 11 is 0. The molecule has 0 saturated heterocycles. The van der Waals surface area contributed by atoms with Gasteiger partial charge < -0.3 is 11.1 Å². The Morgan fingerprint density at radius 1 is 1.47 bits per heavy atom. The molecular weight excluding hydrogens is 212 g/mol. The summed E-state index contributed by atoms with van der Waals surface area (Å²) in [6.07, 6.45) is 3.70. The van der Waals surface area contributed by atoms with Crippen LogP contribution in [-0.2, 0) is 0 Å². The topological polar surface area (TPSA) is 55.1 Å². The first kappa shape index (κ1) is 12.0. The second-order valence-corrected chi connectivity index (χ2v) is 5.52. The lowest BCUT2D eigenvalue weighted by atomic mass is 9.87. The van der Waals surface area contributed by atoms with Gasteiger partial charge in [0.2, 0.25) is 5.91 Å². The molecule has 1 unspecified atom stereocenters. The van der Waals surface area contributed by atoms with Crippen LogP contribution >= 0.6 is 0 Å². The van der Waals surface area contributed by atoms with Crippen LogP contribution in [0.3, 0.4) is 0 Å². The SMILES string of the molecule is CC1(C)CCCC1Nc1cccc(C(N)=O)c1. The molecule has 92 valence electrons. The van der Waals surface area contributed by atoms with E-state index in [1.54, 1.807) is 6.07 Å². The summed E-state index contributed by atoms with van der Waals surface area (Å²) in [5, 5.41) is 3.52. The van der Waals surface area contributed by atoms with Crippen molar-refractivity contribution < 1.29 is 4.79 Å². The predicted molar refractivity (Wildman–Crippen MR) is 70.0 cm³/mol. The van der Waals surface area contributed by atoms with E-state index in [4.69, 9.17) is 5.73 Å². The highest BCUT2D eigenvalue weighted by atomic mass is 16.1. The molecule has 3 N–H and O–H groups in total. The number of benzene rings is 1. The first-order valence-corrected chi connectivity index (χ1v) is 6.15. The third-order valence-corrected chi connectivity index (χ3v) is 3.75. The van der Waals surface area contributed by atoms with Crippen molar-refractivity contribution in [2.45, 2.75) is 39.2 Å². The molecule has 0 radical (unpaired) electrons. The zero-order valence-electron chi connectivity index (χ0n) is 10.5. The normalized spacial score (nSPS) is 22.4. The van der Waals surface area contributed by atoms with Gasteiger partial charge in [0.1, 0.15) is 0 Å². The van der Waals surface area contributed by atoms with Crippen molar-refractivity contribution in [1.82, 2.24) is 0 Å². The second-order valence-electron chi connectivity index (χ2n) is 5.52. The number of nitrogens with one attached hydrogen (secondary N) is 1. The van der Waals surface area contributed by atoms with E-state index in [0.717, 1.165) is 5.69 Å². The molecule has 1 saturated carbocycles. The molecule has 1 fully saturated rings. The standard InChI is InChI=1S/C14H20N2O/c1-14(2)8-4-7-12(14)16-11-6-3-5-10(9-11)13(15)17/h3,5-6,9,12,16H,4,7-8H2,1-2H3,(H2,15,17). The predicted octanol–water partition coefficient (Wildman–Crippen LogP) is 2.78. The van der Waals surface area contributed by atoms with Crippen molar-refractivity contribution >= 4 is 11.6 Å². The average molecular weight is 232 g/mol. The average Bonchev–Trinajstić information content (AvgIpc) is 2.59. The van der Waals surface area contributed by atoms with Gasteiger partial charge in [0.05, 0.1) is 0 Å². The number of hydrogen-bond donors (Lipinski definition) is 2. The van der Waals surface area contributed by atoms with E-state index in [9.17, 15) is 4.79 Å². The Morgan fingerprint density at radius 3 is 2.82 bits per heavy atom. The summed E-state index contributed by atoms with van der Waals surface area (Å²) in [4.78, 5) is 11.1. The maximum absolute atomic E-state index is 11.1. The van der Waals surface area contributed by atoms with Crippen molar-refractivity contribution in [3.8, 4) is 0 Å². The maximum Gasteiger partial charge on any atom is 0.248 e. The van der Waals surface area contributed by atoms with Crippen LogP contribution < -0.4 is 11.1 Å². The monoisotopic (exact) mass is 232 g/mol. The number of rotatable bonds is 3. The Balaban J connectivity index is 2.13. The van der Waals surface area contributed by atoms with Gasteiger partial charge in [-0.3, -0.25) is 4.79 Å². The highest BCUT2D eigenvalue weighted by molar-refractivity contribution is 5.93. The molecule has 1 aromatic rings. The zero-order valence-corrected chi connectivity index (χ0v) is 10.5. The molecule has 1 atom stereocenters. The molecule has 0 aliphatic heterocycles. The summed E-state index contributed by atoms with van der Waals surface area (Å²) in [6, 6.07) is 7.90. The first-order chi connectivity index (χ1) is 7.99. The molecule has 3 heteroatoms. The fourth-order valence-electron chi connectivity index (χ4n) is 2.56. The Labute approximate surface area is 102 Å². The van der Waals surface area contributed by atoms with E-state index in [1.807, 2.05) is 18.2 Å². The fraction of sp³-hybridized carbons (Fsp3) is 0.500. The van der Waals surface area contributed by atoms with E-state index in [1.165, 1.54) is 19.3 Å². The molecule has 1 amide bonds. The van der Waals surface area contributed by atoms with Gasteiger partial charge >= 0.3 is 0 Å². The van der Waals surface area contributed by atoms with Crippen LogP contribution in [0.15, 0.2) is 24.3 Å². The van der Waals surface area contributed by atoms with Crippen LogP contribution in [-0.4, -0.2) is 11.9 Å². The Kier molecular flexibility index (Phi) is 3.09. The van der Waals surface area contributed by atoms with Crippen LogP contribution in [0.2, 0.25) is 0 Å². The van der Waals surface area contributed by atoms with Crippen molar-refractivity contribution in [1.29, 1.82) is 0 Å². The van der Waals surface area contributed by atoms with Gasteiger partial charge in [0, 0.05) is 17.3 Å². The molecule has 0 aromatic heterocycles. The van der Waals surface area contributed by atoms with Crippen molar-refractivity contribution in [2.24, 2.45) is 11.1 Å². The molecule has 1 aliphatic rings. The molecule has 0 spiro atoms. The quantitative estimate of drug-likeness (QED) is 0.842. The largest absolute Gasteiger partial charge is 0.382 e. The Bertz CT molecular complexity index is 426. The number of primary amides is 1. The van der Waals surface area contributed by atoms with Crippen molar-refractivity contribution in [3.63, 3.8) is 0 Å². The highest BCUT2D eigenvalue weighted by Gasteiger charge is 2.34. The van der Waals surface area contributed by atoms with Gasteiger partial charge in [0.25, 0.3) is 0 Å². The van der Waals surface area contributed by atoms with Gasteiger partial charge in [-0.2, -0.15) is 0 Å². The number of anilines is 1. The number of amides is 1. The number of carbonyl (C=O) groups excluding carboxylic acids is 1. The molecule has 0 heterocycles. The number of hydrogen-bond acceptors (Lipinski definition) is 2. The van der Waals surface area contributed by atoms with E-state index in [-0.39, 0.29) is 5.91 Å². The molecule has 3 nitrogen and oxygen atoms in total. The maximum atomic E-state index is 11.1. The molecule has 0 bridgehead atoms. The first-order valence-electron chi connectivity index (χ1n) is 6.15. The second kappa shape index (κ2) is 4.40. The summed E-state index contributed by atoms with van der Waals surface area (Å²) in [7, 11) is 0. The molecule has 1 aliphatic carbocycles. The minimum atomic E-state index is -0.376. The van der Waals surface area contributed by atoms with Crippen molar-refractivity contribution in [2.75, 3.05) is 5.32 Å². The minimum absolute atomic E-state index is 0.322. The number of nitrogens with two attached hydrogens (primary N) is 1. The smallest absolute Gasteiger partial charge is 0.248 e. The third kappa shape index (κ3) is 2.60. The van der Waals surface area contributed by atoms with E-state index in [2.05, 4.69) is 19.2 Å². The van der Waals surface area contributed by atoms with Crippen LogP contribution in [0.1, 0.15) is 43.5 Å². The Hall–Kier alpha value is -1.51. The highest BCUT2D eigenvalue weighted by Crippen LogP contribution is 2.38. The van der Waals surface area contributed by atoms with Gasteiger partial charge in [-0.1, -0.05) is 26.3 Å². The zero-order chi connectivity index (χ0) is 12.5. The minimum Gasteiger partial charge on any atom is -0.382 e. The summed E-state index contributed by atoms with van der Waals surface area (Å²) in [5.41, 5.74) is 7.15.